The summed E-state index contributed by atoms with van der Waals surface area (Å²) in [4.78, 5) is 28.5. The Labute approximate surface area is 354 Å². The molecule has 59 heavy (non-hydrogen) atoms. The summed E-state index contributed by atoms with van der Waals surface area (Å²) in [6.07, 6.45) is 0. The van der Waals surface area contributed by atoms with Gasteiger partial charge in [0.15, 0.2) is 23.3 Å². The summed E-state index contributed by atoms with van der Waals surface area (Å²) in [5.74, 6) is 2.08. The Morgan fingerprint density at radius 1 is 0.356 bits per heavy atom. The molecule has 0 bridgehead atoms. The fourth-order valence-electron chi connectivity index (χ4n) is 8.87. The summed E-state index contributed by atoms with van der Waals surface area (Å²) in [7, 11) is 0. The molecule has 0 saturated carbocycles. The summed E-state index contributed by atoms with van der Waals surface area (Å²) in [5.41, 5.74) is 14.7. The zero-order chi connectivity index (χ0) is 40.8. The highest BCUT2D eigenvalue weighted by Gasteiger charge is 2.52. The Morgan fingerprint density at radius 2 is 0.678 bits per heavy atom. The van der Waals surface area contributed by atoms with Crippen molar-refractivity contribution in [2.24, 2.45) is 0 Å². The Morgan fingerprint density at radius 3 is 1.05 bits per heavy atom. The molecule has 2 heterocycles. The highest BCUT2D eigenvalue weighted by Crippen LogP contribution is 2.63. The normalized spacial score (nSPS) is 13.6. The van der Waals surface area contributed by atoms with Gasteiger partial charge in [-0.1, -0.05) is 163 Å². The molecule has 0 N–H and O–H groups in total. The van der Waals surface area contributed by atoms with Crippen LogP contribution in [-0.2, 0) is 16.2 Å². The van der Waals surface area contributed by atoms with Crippen LogP contribution < -0.4 is 0 Å². The molecule has 0 atom stereocenters. The van der Waals surface area contributed by atoms with Crippen LogP contribution in [0.3, 0.4) is 0 Å². The van der Waals surface area contributed by atoms with E-state index in [1.54, 1.807) is 0 Å². The first-order valence-electron chi connectivity index (χ1n) is 19.8. The van der Waals surface area contributed by atoms with Crippen molar-refractivity contribution in [1.82, 2.24) is 29.9 Å². The van der Waals surface area contributed by atoms with E-state index >= 15 is 0 Å². The molecule has 6 aromatic carbocycles. The fraction of sp³-hybridized carbons (Fsp3) is 0.176. The first-order chi connectivity index (χ1) is 28.3. The molecule has 6 nitrogen and oxygen atoms in total. The van der Waals surface area contributed by atoms with Crippen molar-refractivity contribution in [3.8, 4) is 67.8 Å². The van der Waals surface area contributed by atoms with Crippen molar-refractivity contribution < 1.29 is 0 Å². The number of fused-ring (bicyclic) bond motifs is 10. The number of halogens is 2. The monoisotopic (exact) mass is 806 g/mol. The number of nitrogens with zero attached hydrogens (tertiary/aromatic N) is 6. The molecule has 288 valence electrons. The quantitative estimate of drug-likeness (QED) is 0.176. The average molecular weight is 808 g/mol. The minimum absolute atomic E-state index is 0.0247. The first kappa shape index (κ1) is 37.2. The maximum Gasteiger partial charge on any atom is 0.226 e. The van der Waals surface area contributed by atoms with Crippen LogP contribution in [0, 0.1) is 0 Å². The second-order valence-corrected chi connectivity index (χ2v) is 18.2. The number of hydrogen-bond donors (Lipinski definition) is 0. The van der Waals surface area contributed by atoms with E-state index in [1.807, 2.05) is 0 Å². The van der Waals surface area contributed by atoms with Gasteiger partial charge in [0, 0.05) is 22.3 Å². The Balaban J connectivity index is 1.14. The molecule has 2 aromatic heterocycles. The third-order valence-corrected chi connectivity index (χ3v) is 12.2. The van der Waals surface area contributed by atoms with Crippen molar-refractivity contribution in [3.05, 3.63) is 177 Å². The molecule has 2 aliphatic carbocycles. The van der Waals surface area contributed by atoms with Crippen LogP contribution in [0.15, 0.2) is 133 Å². The molecule has 8 heteroatoms. The van der Waals surface area contributed by atoms with E-state index in [1.165, 1.54) is 33.4 Å². The Bertz CT molecular complexity index is 2780. The number of rotatable bonds is 4. The lowest BCUT2D eigenvalue weighted by Crippen LogP contribution is -2.26. The highest BCUT2D eigenvalue weighted by molar-refractivity contribution is 6.28. The molecular formula is C51H40Cl2N6. The topological polar surface area (TPSA) is 77.3 Å². The van der Waals surface area contributed by atoms with E-state index < -0.39 is 5.41 Å². The summed E-state index contributed by atoms with van der Waals surface area (Å²) in [6, 6.07) is 47.2. The first-order valence-corrected chi connectivity index (χ1v) is 20.6. The average Bonchev–Trinajstić information content (AvgIpc) is 3.69. The summed E-state index contributed by atoms with van der Waals surface area (Å²) < 4.78 is 0. The summed E-state index contributed by atoms with van der Waals surface area (Å²) in [6.45, 7) is 13.2. The molecule has 1 spiro atoms. The van der Waals surface area contributed by atoms with Crippen LogP contribution >= 0.6 is 23.2 Å². The standard InChI is InChI=1S/C51H40Cl2N6/c1-49(2,3)33-21-15-29(16-22-33)43-54-45(58-47(52)56-43)31-19-25-37-38-26-20-32(46-55-44(57-48(53)59-46)30-17-23-34(24-18-30)50(4,5)6)28-42(38)51(41(37)27-31)39-13-9-7-11-35(39)36-12-8-10-14-40(36)51/h7-28H,1-6H3. The molecule has 0 radical (unpaired) electrons. The third kappa shape index (κ3) is 6.08. The molecule has 0 amide bonds. The lowest BCUT2D eigenvalue weighted by Gasteiger charge is -2.31. The molecule has 0 saturated heterocycles. The van der Waals surface area contributed by atoms with Gasteiger partial charge in [0.05, 0.1) is 5.41 Å². The maximum absolute atomic E-state index is 6.67. The zero-order valence-corrected chi connectivity index (χ0v) is 35.2. The van der Waals surface area contributed by atoms with Crippen molar-refractivity contribution in [2.75, 3.05) is 0 Å². The van der Waals surface area contributed by atoms with Crippen molar-refractivity contribution in [3.63, 3.8) is 0 Å². The van der Waals surface area contributed by atoms with Gasteiger partial charge in [-0.2, -0.15) is 19.9 Å². The van der Waals surface area contributed by atoms with E-state index in [0.717, 1.165) is 44.5 Å². The van der Waals surface area contributed by atoms with Crippen molar-refractivity contribution >= 4 is 23.2 Å². The molecule has 10 rings (SSSR count). The van der Waals surface area contributed by atoms with Crippen molar-refractivity contribution in [1.29, 1.82) is 0 Å². The van der Waals surface area contributed by atoms with E-state index in [-0.39, 0.29) is 21.4 Å². The van der Waals surface area contributed by atoms with Crippen LogP contribution in [0.1, 0.15) is 74.9 Å². The second-order valence-electron chi connectivity index (χ2n) is 17.5. The van der Waals surface area contributed by atoms with Gasteiger partial charge in [0.1, 0.15) is 0 Å². The Kier molecular flexibility index (Phi) is 8.50. The zero-order valence-electron chi connectivity index (χ0n) is 33.6. The van der Waals surface area contributed by atoms with E-state index in [9.17, 15) is 0 Å². The molecule has 0 unspecified atom stereocenters. The summed E-state index contributed by atoms with van der Waals surface area (Å²) in [5, 5.41) is 0.287. The van der Waals surface area contributed by atoms with Crippen LogP contribution in [0.2, 0.25) is 10.6 Å². The molecule has 0 fully saturated rings. The fourth-order valence-corrected chi connectivity index (χ4v) is 9.19. The third-order valence-electron chi connectivity index (χ3n) is 11.8. The maximum atomic E-state index is 6.67. The number of benzene rings is 6. The van der Waals surface area contributed by atoms with E-state index in [0.29, 0.717) is 23.3 Å². The van der Waals surface area contributed by atoms with Crippen LogP contribution in [-0.4, -0.2) is 29.9 Å². The van der Waals surface area contributed by atoms with Crippen LogP contribution in [0.4, 0.5) is 0 Å². The second kappa shape index (κ2) is 13.5. The molecule has 2 aliphatic rings. The van der Waals surface area contributed by atoms with E-state index in [4.69, 9.17) is 33.2 Å². The van der Waals surface area contributed by atoms with E-state index in [2.05, 4.69) is 195 Å². The van der Waals surface area contributed by atoms with Gasteiger partial charge in [-0.25, -0.2) is 9.97 Å². The van der Waals surface area contributed by atoms with Gasteiger partial charge in [-0.15, -0.1) is 0 Å². The highest BCUT2D eigenvalue weighted by atomic mass is 35.5. The lowest BCUT2D eigenvalue weighted by molar-refractivity contribution is 0.590. The molecular weight excluding hydrogens is 768 g/mol. The minimum Gasteiger partial charge on any atom is -0.208 e. The van der Waals surface area contributed by atoms with Crippen molar-refractivity contribution in [2.45, 2.75) is 57.8 Å². The van der Waals surface area contributed by atoms with Crippen LogP contribution in [0.5, 0.6) is 0 Å². The minimum atomic E-state index is -0.658. The van der Waals surface area contributed by atoms with Gasteiger partial charge in [-0.05, 0) is 102 Å². The predicted molar refractivity (Wildman–Crippen MR) is 239 cm³/mol. The molecule has 8 aromatic rings. The van der Waals surface area contributed by atoms with Gasteiger partial charge in [-0.3, -0.25) is 0 Å². The smallest absolute Gasteiger partial charge is 0.208 e. The number of hydrogen-bond acceptors (Lipinski definition) is 6. The van der Waals surface area contributed by atoms with Gasteiger partial charge in [0.25, 0.3) is 0 Å². The molecule has 0 aliphatic heterocycles. The van der Waals surface area contributed by atoms with Gasteiger partial charge >= 0.3 is 0 Å². The lowest BCUT2D eigenvalue weighted by atomic mass is 9.70. The summed E-state index contributed by atoms with van der Waals surface area (Å²) >= 11 is 13.3. The van der Waals surface area contributed by atoms with Gasteiger partial charge in [0.2, 0.25) is 10.6 Å². The predicted octanol–water partition coefficient (Wildman–Crippen LogP) is 13.0. The van der Waals surface area contributed by atoms with Gasteiger partial charge < -0.3 is 0 Å². The SMILES string of the molecule is CC(C)(C)c1ccc(-c2nc(Cl)nc(-c3ccc4c(c3)C3(c5ccccc5-c5ccccc53)c3cc(-c5nc(Cl)nc(-c6ccc(C(C)(C)C)cc6)n5)ccc3-4)n2)cc1. The Hall–Kier alpha value is -6.08. The number of aromatic nitrogens is 6. The largest absolute Gasteiger partial charge is 0.226 e. The van der Waals surface area contributed by atoms with Crippen LogP contribution in [0.25, 0.3) is 67.8 Å².